The predicted molar refractivity (Wildman–Crippen MR) is 120 cm³/mol. The van der Waals surface area contributed by atoms with E-state index >= 15 is 0 Å². The summed E-state index contributed by atoms with van der Waals surface area (Å²) in [6, 6.07) is 27.9. The molecule has 0 aliphatic carbocycles. The van der Waals surface area contributed by atoms with Crippen LogP contribution in [0.5, 0.6) is 0 Å². The Morgan fingerprint density at radius 3 is 2.32 bits per heavy atom. The second-order valence-corrected chi connectivity index (χ2v) is 8.30. The molecule has 4 heteroatoms. The second kappa shape index (κ2) is 6.12. The van der Waals surface area contributed by atoms with Gasteiger partial charge in [-0.05, 0) is 52.4 Å². The van der Waals surface area contributed by atoms with Gasteiger partial charge in [-0.2, -0.15) is 0 Å². The fraction of sp³-hybridized carbons (Fsp3) is 0. The van der Waals surface area contributed by atoms with Crippen LogP contribution in [-0.2, 0) is 0 Å². The van der Waals surface area contributed by atoms with Crippen molar-refractivity contribution in [2.45, 2.75) is 0 Å². The maximum atomic E-state index is 5.00. The zero-order chi connectivity index (χ0) is 18.5. The summed E-state index contributed by atoms with van der Waals surface area (Å²) in [6.07, 6.45) is 3.72. The number of rotatable bonds is 2. The highest BCUT2D eigenvalue weighted by atomic mass is 31.1. The van der Waals surface area contributed by atoms with Gasteiger partial charge in [-0.25, -0.2) is 4.98 Å². The minimum atomic E-state index is 0.600. The highest BCUT2D eigenvalue weighted by Gasteiger charge is 2.13. The van der Waals surface area contributed by atoms with E-state index in [1.54, 1.807) is 0 Å². The van der Waals surface area contributed by atoms with Gasteiger partial charge < -0.3 is 0 Å². The molecule has 0 radical (unpaired) electrons. The SMILES string of the molecule is c1ccc2c(c1)nc1c3cc(Pc4ccncc4)ccc3c3ccccc3n21. The third-order valence-corrected chi connectivity index (χ3v) is 6.45. The Bertz CT molecular complexity index is 1490. The van der Waals surface area contributed by atoms with Crippen LogP contribution in [0, 0.1) is 0 Å². The van der Waals surface area contributed by atoms with Crippen LogP contribution in [0.3, 0.4) is 0 Å². The standard InChI is InChI=1S/C24H16N3P/c1-3-7-22-19(5-1)18-10-9-17(28-16-11-13-25-14-12-16)15-20(18)24-26-21-6-2-4-8-23(21)27(22)24/h1-15,28H. The molecule has 6 rings (SSSR count). The molecule has 0 fully saturated rings. The van der Waals surface area contributed by atoms with Gasteiger partial charge >= 0.3 is 0 Å². The van der Waals surface area contributed by atoms with Gasteiger partial charge in [0.15, 0.2) is 0 Å². The number of benzene rings is 3. The summed E-state index contributed by atoms with van der Waals surface area (Å²) in [7, 11) is 0.600. The van der Waals surface area contributed by atoms with Crippen LogP contribution in [0.2, 0.25) is 0 Å². The van der Waals surface area contributed by atoms with E-state index in [-0.39, 0.29) is 0 Å². The molecule has 0 amide bonds. The molecule has 0 aliphatic heterocycles. The summed E-state index contributed by atoms with van der Waals surface area (Å²) in [5, 5.41) is 6.31. The molecule has 3 heterocycles. The topological polar surface area (TPSA) is 30.2 Å². The normalized spacial score (nSPS) is 12.1. The Hall–Kier alpha value is -3.29. The maximum absolute atomic E-state index is 5.00. The number of hydrogen-bond donors (Lipinski definition) is 0. The van der Waals surface area contributed by atoms with Gasteiger partial charge in [-0.1, -0.05) is 51.0 Å². The quantitative estimate of drug-likeness (QED) is 0.320. The lowest BCUT2D eigenvalue weighted by Gasteiger charge is -2.10. The fourth-order valence-corrected chi connectivity index (χ4v) is 5.02. The van der Waals surface area contributed by atoms with Crippen LogP contribution in [0.4, 0.5) is 0 Å². The molecule has 6 aromatic rings. The Kier molecular flexibility index (Phi) is 3.44. The first-order chi connectivity index (χ1) is 13.9. The molecule has 3 aromatic heterocycles. The van der Waals surface area contributed by atoms with E-state index in [0.29, 0.717) is 8.58 Å². The minimum absolute atomic E-state index is 0.600. The van der Waals surface area contributed by atoms with Crippen LogP contribution in [0.25, 0.3) is 38.4 Å². The van der Waals surface area contributed by atoms with Gasteiger partial charge in [-0.3, -0.25) is 9.38 Å². The van der Waals surface area contributed by atoms with E-state index in [1.165, 1.54) is 32.3 Å². The molecule has 132 valence electrons. The lowest BCUT2D eigenvalue weighted by Crippen LogP contribution is -2.03. The van der Waals surface area contributed by atoms with E-state index in [2.05, 4.69) is 88.2 Å². The van der Waals surface area contributed by atoms with Gasteiger partial charge in [0.1, 0.15) is 5.65 Å². The molecular formula is C24H16N3P. The summed E-state index contributed by atoms with van der Waals surface area (Å²) in [6.45, 7) is 0. The van der Waals surface area contributed by atoms with E-state index in [0.717, 1.165) is 16.7 Å². The van der Waals surface area contributed by atoms with Crippen molar-refractivity contribution in [2.75, 3.05) is 0 Å². The molecule has 0 N–H and O–H groups in total. The van der Waals surface area contributed by atoms with Gasteiger partial charge in [0, 0.05) is 23.2 Å². The molecular weight excluding hydrogens is 361 g/mol. The second-order valence-electron chi connectivity index (χ2n) is 6.90. The van der Waals surface area contributed by atoms with Crippen LogP contribution in [0.15, 0.2) is 91.3 Å². The zero-order valence-electron chi connectivity index (χ0n) is 15.0. The molecule has 0 aliphatic rings. The Morgan fingerprint density at radius 2 is 1.43 bits per heavy atom. The highest BCUT2D eigenvalue weighted by molar-refractivity contribution is 7.55. The molecule has 3 aromatic carbocycles. The number of hydrogen-bond acceptors (Lipinski definition) is 2. The predicted octanol–water partition coefficient (Wildman–Crippen LogP) is 4.82. The highest BCUT2D eigenvalue weighted by Crippen LogP contribution is 2.32. The zero-order valence-corrected chi connectivity index (χ0v) is 16.0. The number of para-hydroxylation sites is 3. The van der Waals surface area contributed by atoms with Crippen molar-refractivity contribution in [2.24, 2.45) is 0 Å². The number of nitrogens with zero attached hydrogens (tertiary/aromatic N) is 3. The summed E-state index contributed by atoms with van der Waals surface area (Å²) in [5.41, 5.74) is 4.40. The Morgan fingerprint density at radius 1 is 0.643 bits per heavy atom. The van der Waals surface area contributed by atoms with E-state index in [9.17, 15) is 0 Å². The summed E-state index contributed by atoms with van der Waals surface area (Å²) in [5.74, 6) is 0. The molecule has 0 bridgehead atoms. The van der Waals surface area contributed by atoms with Crippen molar-refractivity contribution in [3.8, 4) is 0 Å². The minimum Gasteiger partial charge on any atom is -0.292 e. The average Bonchev–Trinajstić information content (AvgIpc) is 3.15. The van der Waals surface area contributed by atoms with E-state index in [1.807, 2.05) is 12.4 Å². The van der Waals surface area contributed by atoms with Gasteiger partial charge in [0.25, 0.3) is 0 Å². The molecule has 0 spiro atoms. The van der Waals surface area contributed by atoms with Gasteiger partial charge in [0.2, 0.25) is 0 Å². The summed E-state index contributed by atoms with van der Waals surface area (Å²) >= 11 is 0. The average molecular weight is 377 g/mol. The largest absolute Gasteiger partial charge is 0.292 e. The molecule has 3 nitrogen and oxygen atoms in total. The number of fused-ring (bicyclic) bond motifs is 8. The molecule has 1 atom stereocenters. The number of pyridine rings is 2. The van der Waals surface area contributed by atoms with Crippen molar-refractivity contribution in [1.82, 2.24) is 14.4 Å². The smallest absolute Gasteiger partial charge is 0.146 e. The summed E-state index contributed by atoms with van der Waals surface area (Å²) in [4.78, 5) is 9.13. The fourth-order valence-electron chi connectivity index (χ4n) is 3.99. The lowest BCUT2D eigenvalue weighted by molar-refractivity contribution is 1.32. The first-order valence-electron chi connectivity index (χ1n) is 9.27. The van der Waals surface area contributed by atoms with E-state index in [4.69, 9.17) is 4.98 Å². The van der Waals surface area contributed by atoms with Crippen molar-refractivity contribution < 1.29 is 0 Å². The van der Waals surface area contributed by atoms with Gasteiger partial charge in [-0.15, -0.1) is 0 Å². The van der Waals surface area contributed by atoms with Crippen molar-refractivity contribution >= 4 is 57.5 Å². The van der Waals surface area contributed by atoms with Crippen molar-refractivity contribution in [1.29, 1.82) is 0 Å². The third kappa shape index (κ3) is 2.33. The monoisotopic (exact) mass is 377 g/mol. The Balaban J connectivity index is 1.72. The van der Waals surface area contributed by atoms with Crippen LogP contribution >= 0.6 is 8.58 Å². The Labute approximate surface area is 163 Å². The lowest BCUT2D eigenvalue weighted by atomic mass is 10.1. The molecule has 0 saturated heterocycles. The number of aromatic nitrogens is 3. The van der Waals surface area contributed by atoms with Crippen molar-refractivity contribution in [3.05, 3.63) is 91.3 Å². The molecule has 28 heavy (non-hydrogen) atoms. The van der Waals surface area contributed by atoms with Crippen LogP contribution in [-0.4, -0.2) is 14.4 Å². The van der Waals surface area contributed by atoms with Crippen LogP contribution < -0.4 is 10.6 Å². The molecule has 1 unspecified atom stereocenters. The number of imidazole rings is 1. The van der Waals surface area contributed by atoms with Gasteiger partial charge in [0.05, 0.1) is 16.6 Å². The molecule has 0 saturated carbocycles. The first kappa shape index (κ1) is 15.7. The van der Waals surface area contributed by atoms with Crippen molar-refractivity contribution in [3.63, 3.8) is 0 Å². The first-order valence-corrected chi connectivity index (χ1v) is 10.3. The van der Waals surface area contributed by atoms with E-state index < -0.39 is 0 Å². The van der Waals surface area contributed by atoms with Crippen LogP contribution in [0.1, 0.15) is 0 Å². The third-order valence-electron chi connectivity index (χ3n) is 5.23. The maximum Gasteiger partial charge on any atom is 0.146 e. The summed E-state index contributed by atoms with van der Waals surface area (Å²) < 4.78 is 2.30.